The first-order chi connectivity index (χ1) is 10.8. The van der Waals surface area contributed by atoms with Crippen LogP contribution < -0.4 is 4.74 Å². The van der Waals surface area contributed by atoms with E-state index in [1.807, 2.05) is 30.5 Å². The van der Waals surface area contributed by atoms with E-state index in [0.29, 0.717) is 6.54 Å². The minimum atomic E-state index is 0.251. The largest absolute Gasteiger partial charge is 0.497 e. The Morgan fingerprint density at radius 1 is 1.23 bits per heavy atom. The van der Waals surface area contributed by atoms with E-state index in [2.05, 4.69) is 18.9 Å². The summed E-state index contributed by atoms with van der Waals surface area (Å²) in [6.07, 6.45) is 3.62. The molecular weight excluding hydrogens is 320 g/mol. The van der Waals surface area contributed by atoms with Crippen LogP contribution in [0.25, 0.3) is 21.3 Å². The van der Waals surface area contributed by atoms with Gasteiger partial charge in [-0.05, 0) is 40.8 Å². The fourth-order valence-corrected chi connectivity index (χ4v) is 3.40. The number of aromatic nitrogens is 4. The Kier molecular flexibility index (Phi) is 3.20. The summed E-state index contributed by atoms with van der Waals surface area (Å²) in [7, 11) is 1.66. The Morgan fingerprint density at radius 3 is 2.82 bits per heavy atom. The van der Waals surface area contributed by atoms with Crippen LogP contribution >= 0.6 is 23.1 Å². The van der Waals surface area contributed by atoms with Crippen LogP contribution in [0, 0.1) is 0 Å². The van der Waals surface area contributed by atoms with Crippen LogP contribution in [0.3, 0.4) is 0 Å². The maximum atomic E-state index is 5.96. The maximum absolute atomic E-state index is 5.96. The van der Waals surface area contributed by atoms with Crippen molar-refractivity contribution in [3.63, 3.8) is 0 Å². The van der Waals surface area contributed by atoms with Gasteiger partial charge in [0.2, 0.25) is 5.28 Å². The maximum Gasteiger partial charge on any atom is 0.224 e. The van der Waals surface area contributed by atoms with E-state index < -0.39 is 0 Å². The molecule has 0 fully saturated rings. The molecule has 0 saturated carbocycles. The molecule has 3 aromatic heterocycles. The van der Waals surface area contributed by atoms with Gasteiger partial charge < -0.3 is 9.30 Å². The Bertz CT molecular complexity index is 961. The van der Waals surface area contributed by atoms with Crippen molar-refractivity contribution in [1.82, 2.24) is 18.9 Å². The van der Waals surface area contributed by atoms with E-state index in [4.69, 9.17) is 16.3 Å². The summed E-state index contributed by atoms with van der Waals surface area (Å²) < 4.78 is 12.7. The predicted octanol–water partition coefficient (Wildman–Crippen LogP) is 3.75. The molecule has 22 heavy (non-hydrogen) atoms. The lowest BCUT2D eigenvalue weighted by atomic mass is 10.2. The highest BCUT2D eigenvalue weighted by Crippen LogP contribution is 2.31. The molecule has 3 heterocycles. The molecule has 0 spiro atoms. The van der Waals surface area contributed by atoms with Crippen molar-refractivity contribution in [2.75, 3.05) is 7.11 Å². The second-order valence-corrected chi connectivity index (χ2v) is 5.99. The number of nitrogens with zero attached hydrogens (tertiary/aromatic N) is 4. The Balaban J connectivity index is 1.87. The normalized spacial score (nSPS) is 11.4. The SMILES string of the molecule is COc1ccc(Cn2c3cnsc3c3cnc(Cl)nc32)cc1. The van der Waals surface area contributed by atoms with E-state index in [1.54, 1.807) is 13.3 Å². The van der Waals surface area contributed by atoms with Gasteiger partial charge in [-0.2, -0.15) is 9.36 Å². The van der Waals surface area contributed by atoms with Crippen LogP contribution in [-0.2, 0) is 6.54 Å². The van der Waals surface area contributed by atoms with Crippen LogP contribution in [0.5, 0.6) is 5.75 Å². The molecule has 0 N–H and O–H groups in total. The third-order valence-corrected chi connectivity index (χ3v) is 4.59. The number of ether oxygens (including phenoxy) is 1. The van der Waals surface area contributed by atoms with Gasteiger partial charge in [-0.25, -0.2) is 4.98 Å². The molecule has 4 aromatic rings. The van der Waals surface area contributed by atoms with Crippen molar-refractivity contribution in [3.05, 3.63) is 47.5 Å². The second kappa shape index (κ2) is 5.23. The van der Waals surface area contributed by atoms with Gasteiger partial charge in [-0.3, -0.25) is 0 Å². The second-order valence-electron chi connectivity index (χ2n) is 4.85. The van der Waals surface area contributed by atoms with Crippen molar-refractivity contribution in [3.8, 4) is 5.75 Å². The van der Waals surface area contributed by atoms with Crippen molar-refractivity contribution < 1.29 is 4.74 Å². The molecule has 110 valence electrons. The Hall–Kier alpha value is -2.18. The number of fused-ring (bicyclic) bond motifs is 3. The zero-order chi connectivity index (χ0) is 15.1. The molecular formula is C15H11ClN4OS. The smallest absolute Gasteiger partial charge is 0.224 e. The number of methoxy groups -OCH3 is 1. The van der Waals surface area contributed by atoms with Crippen molar-refractivity contribution >= 4 is 44.4 Å². The average molecular weight is 331 g/mol. The highest BCUT2D eigenvalue weighted by Gasteiger charge is 2.15. The molecule has 0 aliphatic heterocycles. The first kappa shape index (κ1) is 13.5. The number of rotatable bonds is 3. The van der Waals surface area contributed by atoms with E-state index in [0.717, 1.165) is 32.6 Å². The number of halogens is 1. The fourth-order valence-electron chi connectivity index (χ4n) is 2.52. The number of hydrogen-bond acceptors (Lipinski definition) is 5. The first-order valence-electron chi connectivity index (χ1n) is 6.64. The first-order valence-corrected chi connectivity index (χ1v) is 7.79. The third kappa shape index (κ3) is 2.12. The molecule has 0 atom stereocenters. The highest BCUT2D eigenvalue weighted by atomic mass is 35.5. The average Bonchev–Trinajstić information content (AvgIpc) is 3.11. The van der Waals surface area contributed by atoms with Gasteiger partial charge in [0.15, 0.2) is 0 Å². The van der Waals surface area contributed by atoms with Crippen molar-refractivity contribution in [1.29, 1.82) is 0 Å². The lowest BCUT2D eigenvalue weighted by Gasteiger charge is -2.07. The Morgan fingerprint density at radius 2 is 2.05 bits per heavy atom. The van der Waals surface area contributed by atoms with Gasteiger partial charge in [-0.15, -0.1) is 0 Å². The van der Waals surface area contributed by atoms with Crippen LogP contribution in [0.2, 0.25) is 5.28 Å². The van der Waals surface area contributed by atoms with Gasteiger partial charge in [-0.1, -0.05) is 12.1 Å². The summed E-state index contributed by atoms with van der Waals surface area (Å²) in [6.45, 7) is 0.690. The van der Waals surface area contributed by atoms with E-state index in [9.17, 15) is 0 Å². The summed E-state index contributed by atoms with van der Waals surface area (Å²) >= 11 is 7.41. The predicted molar refractivity (Wildman–Crippen MR) is 87.8 cm³/mol. The van der Waals surface area contributed by atoms with Crippen molar-refractivity contribution in [2.45, 2.75) is 6.54 Å². The molecule has 0 saturated heterocycles. The number of benzene rings is 1. The van der Waals surface area contributed by atoms with Gasteiger partial charge in [0, 0.05) is 12.7 Å². The lowest BCUT2D eigenvalue weighted by molar-refractivity contribution is 0.414. The minimum absolute atomic E-state index is 0.251. The van der Waals surface area contributed by atoms with Gasteiger partial charge in [0.25, 0.3) is 0 Å². The molecule has 0 amide bonds. The summed E-state index contributed by atoms with van der Waals surface area (Å²) in [5, 5.41) is 1.23. The topological polar surface area (TPSA) is 52.8 Å². The number of hydrogen-bond donors (Lipinski definition) is 0. The van der Waals surface area contributed by atoms with Crippen molar-refractivity contribution in [2.24, 2.45) is 0 Å². The zero-order valence-electron chi connectivity index (χ0n) is 11.7. The molecule has 0 radical (unpaired) electrons. The molecule has 0 aliphatic rings. The molecule has 0 aliphatic carbocycles. The van der Waals surface area contributed by atoms with Crippen LogP contribution in [0.1, 0.15) is 5.56 Å². The lowest BCUT2D eigenvalue weighted by Crippen LogP contribution is -2.01. The van der Waals surface area contributed by atoms with E-state index in [1.165, 1.54) is 11.5 Å². The standard InChI is InChI=1S/C15H11ClN4OS/c1-21-10-4-2-9(3-5-10)8-20-12-7-18-22-13(12)11-6-17-15(16)19-14(11)20/h2-7H,8H2,1H3. The molecule has 7 heteroatoms. The monoisotopic (exact) mass is 330 g/mol. The highest BCUT2D eigenvalue weighted by molar-refractivity contribution is 7.14. The molecule has 0 unspecified atom stereocenters. The van der Waals surface area contributed by atoms with Crippen LogP contribution in [-0.4, -0.2) is 26.0 Å². The van der Waals surface area contributed by atoms with Gasteiger partial charge in [0.05, 0.1) is 28.9 Å². The molecule has 4 rings (SSSR count). The van der Waals surface area contributed by atoms with Gasteiger partial charge >= 0.3 is 0 Å². The fraction of sp³-hybridized carbons (Fsp3) is 0.133. The summed E-state index contributed by atoms with van der Waals surface area (Å²) in [4.78, 5) is 8.47. The summed E-state index contributed by atoms with van der Waals surface area (Å²) in [5.41, 5.74) is 3.03. The van der Waals surface area contributed by atoms with E-state index >= 15 is 0 Å². The zero-order valence-corrected chi connectivity index (χ0v) is 13.2. The van der Waals surface area contributed by atoms with Crippen LogP contribution in [0.15, 0.2) is 36.7 Å². The van der Waals surface area contributed by atoms with Crippen LogP contribution in [0.4, 0.5) is 0 Å². The summed E-state index contributed by atoms with van der Waals surface area (Å²) in [5.74, 6) is 0.842. The molecule has 5 nitrogen and oxygen atoms in total. The third-order valence-electron chi connectivity index (χ3n) is 3.58. The molecule has 0 bridgehead atoms. The summed E-state index contributed by atoms with van der Waals surface area (Å²) in [6, 6.07) is 7.98. The minimum Gasteiger partial charge on any atom is -0.497 e. The van der Waals surface area contributed by atoms with Gasteiger partial charge in [0.1, 0.15) is 11.4 Å². The van der Waals surface area contributed by atoms with E-state index in [-0.39, 0.29) is 5.28 Å². The molecule has 1 aromatic carbocycles. The quantitative estimate of drug-likeness (QED) is 0.537. The Labute approximate surface area is 135 Å².